The van der Waals surface area contributed by atoms with Gasteiger partial charge >= 0.3 is 11.9 Å². The van der Waals surface area contributed by atoms with Crippen LogP contribution < -0.4 is 15.5 Å². The summed E-state index contributed by atoms with van der Waals surface area (Å²) in [5, 5.41) is 16.3. The lowest BCUT2D eigenvalue weighted by molar-refractivity contribution is -0.235. The van der Waals surface area contributed by atoms with Gasteiger partial charge in [-0.15, -0.1) is 0 Å². The monoisotopic (exact) mass is 953 g/mol. The van der Waals surface area contributed by atoms with Crippen LogP contribution in [0.4, 0.5) is 5.69 Å². The molecule has 9 rings (SSSR count). The average molecular weight is 953 g/mol. The van der Waals surface area contributed by atoms with Crippen molar-refractivity contribution < 1.29 is 38.6 Å². The van der Waals surface area contributed by atoms with Gasteiger partial charge in [0.2, 0.25) is 5.91 Å². The molecule has 0 spiro atoms. The van der Waals surface area contributed by atoms with E-state index in [9.17, 15) is 29.1 Å². The average Bonchev–Trinajstić information content (AvgIpc) is 3.59. The fraction of sp³-hybridized carbons (Fsp3) is 0.772. The zero-order valence-electron chi connectivity index (χ0n) is 43.9. The number of hydrogen-bond acceptors (Lipinski definition) is 9. The van der Waals surface area contributed by atoms with E-state index in [-0.39, 0.29) is 69.6 Å². The molecule has 7 fully saturated rings. The summed E-state index contributed by atoms with van der Waals surface area (Å²) in [4.78, 5) is 73.5. The SMILES string of the molecule is CC(C)C1=C2[C@H]3CC[C@@H]4[C@@]5(C)CC[C@H](OC(=O)[C@H]6C[C@@H](C(=O)O)C6(C)C)C(C)(C)[C@@H]5CC[C@@]4(C)[C@]3(C)CC[C@@]2(NC(=O)C(C)(C)NC(=O)c2ccc(N3CCC(N4CCOCC4)CC3)cc2)CC1=O. The van der Waals surface area contributed by atoms with E-state index >= 15 is 0 Å². The molecule has 12 nitrogen and oxygen atoms in total. The van der Waals surface area contributed by atoms with Gasteiger partial charge in [0.25, 0.3) is 5.91 Å². The van der Waals surface area contributed by atoms with Crippen molar-refractivity contribution in [2.45, 2.75) is 176 Å². The number of ether oxygens (including phenoxy) is 2. The largest absolute Gasteiger partial charge is 0.481 e. The molecule has 69 heavy (non-hydrogen) atoms. The number of fused-ring (bicyclic) bond motifs is 7. The first kappa shape index (κ1) is 50.2. The number of rotatable bonds is 10. The number of nitrogens with one attached hydrogen (secondary N) is 2. The molecule has 1 aromatic rings. The Kier molecular flexibility index (Phi) is 12.7. The number of ketones is 1. The number of amides is 2. The van der Waals surface area contributed by atoms with E-state index in [2.05, 4.69) is 68.9 Å². The Morgan fingerprint density at radius 1 is 0.783 bits per heavy atom. The second-order valence-corrected chi connectivity index (χ2v) is 26.0. The van der Waals surface area contributed by atoms with Gasteiger partial charge in [0.15, 0.2) is 5.78 Å². The minimum absolute atomic E-state index is 0.0125. The Morgan fingerprint density at radius 3 is 2.07 bits per heavy atom. The highest BCUT2D eigenvalue weighted by molar-refractivity contribution is 6.03. The fourth-order valence-electron chi connectivity index (χ4n) is 16.9. The minimum Gasteiger partial charge on any atom is -0.481 e. The number of morpholine rings is 1. The number of nitrogens with zero attached hydrogens (tertiary/aromatic N) is 2. The third-order valence-corrected chi connectivity index (χ3v) is 21.3. The van der Waals surface area contributed by atoms with Crippen molar-refractivity contribution in [3.63, 3.8) is 0 Å². The Balaban J connectivity index is 0.886. The summed E-state index contributed by atoms with van der Waals surface area (Å²) in [6.07, 6.45) is 9.90. The lowest BCUT2D eigenvalue weighted by Gasteiger charge is -2.72. The second-order valence-electron chi connectivity index (χ2n) is 26.0. The normalized spacial score (nSPS) is 37.7. The van der Waals surface area contributed by atoms with Crippen molar-refractivity contribution in [2.75, 3.05) is 44.3 Å². The van der Waals surface area contributed by atoms with Crippen molar-refractivity contribution in [3.8, 4) is 0 Å². The van der Waals surface area contributed by atoms with Crippen LogP contribution in [0.15, 0.2) is 35.4 Å². The van der Waals surface area contributed by atoms with Crippen molar-refractivity contribution in [3.05, 3.63) is 41.0 Å². The Hall–Kier alpha value is -3.77. The maximum Gasteiger partial charge on any atom is 0.309 e. The molecule has 1 aromatic carbocycles. The molecule has 8 aliphatic rings. The van der Waals surface area contributed by atoms with Crippen LogP contribution >= 0.6 is 0 Å². The van der Waals surface area contributed by atoms with E-state index < -0.39 is 34.3 Å². The zero-order chi connectivity index (χ0) is 49.9. The first-order chi connectivity index (χ1) is 32.3. The number of piperidine rings is 1. The van der Waals surface area contributed by atoms with Crippen LogP contribution in [0.2, 0.25) is 0 Å². The summed E-state index contributed by atoms with van der Waals surface area (Å²) in [6, 6.07) is 8.35. The van der Waals surface area contributed by atoms with E-state index in [1.165, 1.54) is 0 Å². The number of carbonyl (C=O) groups excluding carboxylic acids is 4. The Labute approximate surface area is 412 Å². The molecule has 12 heteroatoms. The number of Topliss-reactive ketones (excluding diaryl/α,β-unsaturated/α-hetero) is 1. The van der Waals surface area contributed by atoms with E-state index in [1.54, 1.807) is 13.8 Å². The van der Waals surface area contributed by atoms with E-state index in [0.717, 1.165) is 114 Å². The van der Waals surface area contributed by atoms with E-state index in [4.69, 9.17) is 9.47 Å². The molecule has 5 saturated carbocycles. The molecule has 0 aromatic heterocycles. The van der Waals surface area contributed by atoms with E-state index in [1.807, 2.05) is 38.1 Å². The summed E-state index contributed by atoms with van der Waals surface area (Å²) in [7, 11) is 0. The molecule has 0 unspecified atom stereocenters. The summed E-state index contributed by atoms with van der Waals surface area (Å²) >= 11 is 0. The van der Waals surface area contributed by atoms with Crippen LogP contribution in [-0.2, 0) is 28.7 Å². The summed E-state index contributed by atoms with van der Waals surface area (Å²) in [6.45, 7) is 29.3. The minimum atomic E-state index is -1.24. The summed E-state index contributed by atoms with van der Waals surface area (Å²) < 4.78 is 12.0. The van der Waals surface area contributed by atoms with Crippen LogP contribution in [0, 0.1) is 62.6 Å². The number of benzene rings is 1. The molecule has 380 valence electrons. The highest BCUT2D eigenvalue weighted by Crippen LogP contribution is 2.76. The fourth-order valence-corrected chi connectivity index (χ4v) is 16.9. The third kappa shape index (κ3) is 8.01. The van der Waals surface area contributed by atoms with Crippen molar-refractivity contribution in [2.24, 2.45) is 62.6 Å². The molecular weight excluding hydrogens is 869 g/mol. The summed E-state index contributed by atoms with van der Waals surface area (Å²) in [5.41, 5.74) is 0.606. The quantitative estimate of drug-likeness (QED) is 0.194. The number of hydrogen-bond donors (Lipinski definition) is 3. The second kappa shape index (κ2) is 17.5. The molecule has 10 atom stereocenters. The number of carboxylic acids is 1. The zero-order valence-corrected chi connectivity index (χ0v) is 43.9. The van der Waals surface area contributed by atoms with Crippen LogP contribution in [0.3, 0.4) is 0 Å². The Bertz CT molecular complexity index is 2250. The molecule has 0 radical (unpaired) electrons. The van der Waals surface area contributed by atoms with Gasteiger partial charge in [-0.1, -0.05) is 62.3 Å². The number of carboxylic acid groups (broad SMARTS) is 1. The van der Waals surface area contributed by atoms with Crippen LogP contribution in [0.25, 0.3) is 0 Å². The lowest BCUT2D eigenvalue weighted by Crippen LogP contribution is -2.68. The number of anilines is 1. The molecule has 6 aliphatic carbocycles. The molecule has 3 N–H and O–H groups in total. The van der Waals surface area contributed by atoms with Crippen molar-refractivity contribution >= 4 is 35.2 Å². The molecule has 2 aliphatic heterocycles. The molecule has 0 bridgehead atoms. The van der Waals surface area contributed by atoms with Gasteiger partial charge in [-0.3, -0.25) is 28.9 Å². The Morgan fingerprint density at radius 2 is 1.45 bits per heavy atom. The standard InChI is InChI=1S/C57H84N4O8/c1-34(2)45-41(62)33-57(59-50(67)53(7,8)58-47(63)35-12-14-36(15-13-35)60-26-20-37(21-27-60)61-28-30-68-31-29-61)25-24-55(10)38(46(45)57)16-17-43-54(9)22-19-44(52(5,6)42(54)18-23-56(43,55)11)69-49(66)40-32-39(48(64)65)51(40,3)4/h12-15,34,37-40,42-44H,16-33H2,1-11H3,(H,58,63)(H,59,67)(H,64,65)/t38-,39+,40-,42+,43-,44+,54+,55-,56-,57-/m1/s1. The van der Waals surface area contributed by atoms with E-state index in [0.29, 0.717) is 36.3 Å². The van der Waals surface area contributed by atoms with Gasteiger partial charge in [0.1, 0.15) is 11.6 Å². The molecule has 2 amide bonds. The van der Waals surface area contributed by atoms with Gasteiger partial charge in [0, 0.05) is 55.3 Å². The number of aliphatic carboxylic acids is 1. The lowest BCUT2D eigenvalue weighted by atomic mass is 9.33. The molecular formula is C57H84N4O8. The van der Waals surface area contributed by atoms with Crippen molar-refractivity contribution in [1.29, 1.82) is 0 Å². The molecule has 2 heterocycles. The first-order valence-electron chi connectivity index (χ1n) is 26.8. The molecule has 2 saturated heterocycles. The predicted octanol–water partition coefficient (Wildman–Crippen LogP) is 9.00. The van der Waals surface area contributed by atoms with Gasteiger partial charge in [-0.25, -0.2) is 0 Å². The van der Waals surface area contributed by atoms with Gasteiger partial charge in [-0.05, 0) is 165 Å². The maximum absolute atomic E-state index is 14.7. The summed E-state index contributed by atoms with van der Waals surface area (Å²) in [5.74, 6) is -1.55. The predicted molar refractivity (Wildman–Crippen MR) is 266 cm³/mol. The third-order valence-electron chi connectivity index (χ3n) is 21.3. The first-order valence-corrected chi connectivity index (χ1v) is 26.8. The smallest absolute Gasteiger partial charge is 0.309 e. The van der Waals surface area contributed by atoms with Gasteiger partial charge in [0.05, 0.1) is 30.6 Å². The van der Waals surface area contributed by atoms with Gasteiger partial charge < -0.3 is 30.1 Å². The van der Waals surface area contributed by atoms with Crippen LogP contribution in [0.5, 0.6) is 0 Å². The van der Waals surface area contributed by atoms with Crippen LogP contribution in [-0.4, -0.2) is 102 Å². The number of allylic oxidation sites excluding steroid dienone is 1. The number of carbonyl (C=O) groups is 5. The van der Waals surface area contributed by atoms with Crippen LogP contribution in [0.1, 0.15) is 164 Å². The highest BCUT2D eigenvalue weighted by atomic mass is 16.5. The van der Waals surface area contributed by atoms with Crippen molar-refractivity contribution in [1.82, 2.24) is 15.5 Å². The highest BCUT2D eigenvalue weighted by Gasteiger charge is 2.71. The van der Waals surface area contributed by atoms with Gasteiger partial charge in [-0.2, -0.15) is 0 Å². The number of esters is 1. The maximum atomic E-state index is 14.7. The topological polar surface area (TPSA) is 155 Å².